The maximum atomic E-state index is 9.84. The average Bonchev–Trinajstić information content (AvgIpc) is 2.03. The van der Waals surface area contributed by atoms with E-state index < -0.39 is 0 Å². The highest BCUT2D eigenvalue weighted by atomic mass is 16.1. The molecule has 0 aromatic rings. The molecule has 10 heavy (non-hydrogen) atoms. The number of piperidine rings is 1. The van der Waals surface area contributed by atoms with Crippen LogP contribution in [-0.2, 0) is 4.79 Å². The third kappa shape index (κ3) is 2.34. The van der Waals surface area contributed by atoms with E-state index in [9.17, 15) is 4.79 Å². The third-order valence-corrected chi connectivity index (χ3v) is 1.88. The molecule has 0 aliphatic carbocycles. The summed E-state index contributed by atoms with van der Waals surface area (Å²) in [7, 11) is 0. The molecule has 0 atom stereocenters. The minimum absolute atomic E-state index is 0.795. The van der Waals surface area contributed by atoms with Gasteiger partial charge in [0.1, 0.15) is 5.94 Å². The van der Waals surface area contributed by atoms with Crippen molar-refractivity contribution < 1.29 is 4.79 Å². The fraction of sp³-hybridized carbons (Fsp3) is 0.750. The summed E-state index contributed by atoms with van der Waals surface area (Å²) in [5.74, 6) is 1.80. The van der Waals surface area contributed by atoms with Crippen molar-refractivity contribution in [3.8, 4) is 0 Å². The molecule has 1 heterocycles. The molecule has 0 bridgehead atoms. The Labute approximate surface area is 61.5 Å². The van der Waals surface area contributed by atoms with Gasteiger partial charge in [0.05, 0.1) is 0 Å². The first kappa shape index (κ1) is 7.52. The van der Waals surface area contributed by atoms with E-state index in [0.717, 1.165) is 19.6 Å². The molecular weight excluding hydrogens is 126 g/mol. The van der Waals surface area contributed by atoms with E-state index in [1.807, 2.05) is 0 Å². The van der Waals surface area contributed by atoms with Gasteiger partial charge in [-0.1, -0.05) is 6.42 Å². The molecule has 2 nitrogen and oxygen atoms in total. The summed E-state index contributed by atoms with van der Waals surface area (Å²) < 4.78 is 0. The molecule has 1 rings (SSSR count). The largest absolute Gasteiger partial charge is 0.299 e. The molecule has 1 fully saturated rings. The van der Waals surface area contributed by atoms with Crippen molar-refractivity contribution in [1.29, 1.82) is 0 Å². The van der Waals surface area contributed by atoms with Gasteiger partial charge in [-0.25, -0.2) is 4.79 Å². The van der Waals surface area contributed by atoms with E-state index in [2.05, 4.69) is 4.90 Å². The van der Waals surface area contributed by atoms with Gasteiger partial charge in [0.2, 0.25) is 0 Å². The Hall–Kier alpha value is -0.590. The topological polar surface area (TPSA) is 20.3 Å². The first-order chi connectivity index (χ1) is 4.93. The molecular formula is C8H13NO. The van der Waals surface area contributed by atoms with E-state index in [1.165, 1.54) is 19.3 Å². The Bertz CT molecular complexity index is 132. The van der Waals surface area contributed by atoms with E-state index >= 15 is 0 Å². The van der Waals surface area contributed by atoms with Crippen molar-refractivity contribution in [2.75, 3.05) is 19.6 Å². The molecule has 1 saturated heterocycles. The lowest BCUT2D eigenvalue weighted by atomic mass is 10.1. The first-order valence-corrected chi connectivity index (χ1v) is 3.85. The van der Waals surface area contributed by atoms with Crippen molar-refractivity contribution in [3.63, 3.8) is 0 Å². The number of likely N-dealkylation sites (tertiary alicyclic amines) is 1. The smallest absolute Gasteiger partial charge is 0.121 e. The van der Waals surface area contributed by atoms with Crippen molar-refractivity contribution >= 4 is 5.94 Å². The second-order valence-corrected chi connectivity index (χ2v) is 2.68. The van der Waals surface area contributed by atoms with Crippen LogP contribution in [0, 0.1) is 0 Å². The highest BCUT2D eigenvalue weighted by Crippen LogP contribution is 2.07. The number of carbonyl (C=O) groups excluding carboxylic acids is 1. The number of hydrogen-bond donors (Lipinski definition) is 0. The Balaban J connectivity index is 2.19. The molecule has 0 radical (unpaired) electrons. The predicted molar refractivity (Wildman–Crippen MR) is 40.6 cm³/mol. The van der Waals surface area contributed by atoms with Gasteiger partial charge in [-0.3, -0.25) is 4.90 Å². The van der Waals surface area contributed by atoms with Crippen LogP contribution < -0.4 is 0 Å². The molecule has 56 valence electrons. The van der Waals surface area contributed by atoms with Crippen LogP contribution in [0.2, 0.25) is 0 Å². The van der Waals surface area contributed by atoms with Crippen molar-refractivity contribution in [2.24, 2.45) is 0 Å². The molecule has 0 N–H and O–H groups in total. The van der Waals surface area contributed by atoms with Gasteiger partial charge in [-0.15, -0.1) is 0 Å². The summed E-state index contributed by atoms with van der Waals surface area (Å²) in [5, 5.41) is 0. The van der Waals surface area contributed by atoms with Crippen LogP contribution in [0.3, 0.4) is 0 Å². The van der Waals surface area contributed by atoms with Gasteiger partial charge in [0, 0.05) is 12.6 Å². The fourth-order valence-corrected chi connectivity index (χ4v) is 1.31. The fourth-order valence-electron chi connectivity index (χ4n) is 1.31. The molecule has 0 unspecified atom stereocenters. The molecule has 1 aliphatic heterocycles. The van der Waals surface area contributed by atoms with Crippen LogP contribution in [0.4, 0.5) is 0 Å². The molecule has 2 heteroatoms. The second-order valence-electron chi connectivity index (χ2n) is 2.68. The zero-order chi connectivity index (χ0) is 7.23. The summed E-state index contributed by atoms with van der Waals surface area (Å²) >= 11 is 0. The predicted octanol–water partition coefficient (Wildman–Crippen LogP) is 0.860. The SMILES string of the molecule is O=C=CCN1CCCCC1. The van der Waals surface area contributed by atoms with Crippen molar-refractivity contribution in [2.45, 2.75) is 19.3 Å². The van der Waals surface area contributed by atoms with Crippen LogP contribution in [-0.4, -0.2) is 30.5 Å². The van der Waals surface area contributed by atoms with Gasteiger partial charge in [-0.2, -0.15) is 0 Å². The first-order valence-electron chi connectivity index (χ1n) is 3.85. The number of nitrogens with zero attached hydrogens (tertiary/aromatic N) is 1. The lowest BCUT2D eigenvalue weighted by molar-refractivity contribution is 0.252. The molecule has 0 saturated carbocycles. The summed E-state index contributed by atoms with van der Waals surface area (Å²) in [5.41, 5.74) is 0. The third-order valence-electron chi connectivity index (χ3n) is 1.88. The Morgan fingerprint density at radius 1 is 1.30 bits per heavy atom. The highest BCUT2D eigenvalue weighted by molar-refractivity contribution is 5.45. The summed E-state index contributed by atoms with van der Waals surface area (Å²) in [4.78, 5) is 12.1. The van der Waals surface area contributed by atoms with Gasteiger partial charge < -0.3 is 0 Å². The van der Waals surface area contributed by atoms with Crippen LogP contribution in [0.25, 0.3) is 0 Å². The van der Waals surface area contributed by atoms with Gasteiger partial charge >= 0.3 is 0 Å². The maximum absolute atomic E-state index is 9.84. The maximum Gasteiger partial charge on any atom is 0.121 e. The van der Waals surface area contributed by atoms with Crippen LogP contribution in [0.5, 0.6) is 0 Å². The lowest BCUT2D eigenvalue weighted by Gasteiger charge is -2.24. The lowest BCUT2D eigenvalue weighted by Crippen LogP contribution is -2.29. The van der Waals surface area contributed by atoms with E-state index in [1.54, 1.807) is 12.0 Å². The highest BCUT2D eigenvalue weighted by Gasteiger charge is 2.06. The Morgan fingerprint density at radius 2 is 2.00 bits per heavy atom. The minimum Gasteiger partial charge on any atom is -0.299 e. The van der Waals surface area contributed by atoms with Crippen molar-refractivity contribution in [1.82, 2.24) is 4.90 Å². The van der Waals surface area contributed by atoms with Crippen LogP contribution >= 0.6 is 0 Å². The second kappa shape index (κ2) is 4.26. The molecule has 0 spiro atoms. The monoisotopic (exact) mass is 139 g/mol. The standard InChI is InChI=1S/C8H13NO/c10-8-4-7-9-5-2-1-3-6-9/h4H,1-3,5-7H2. The van der Waals surface area contributed by atoms with Gasteiger partial charge in [0.25, 0.3) is 0 Å². The van der Waals surface area contributed by atoms with Gasteiger partial charge in [0.15, 0.2) is 0 Å². The van der Waals surface area contributed by atoms with Crippen molar-refractivity contribution in [3.05, 3.63) is 6.08 Å². The van der Waals surface area contributed by atoms with Crippen LogP contribution in [0.15, 0.2) is 6.08 Å². The Kier molecular flexibility index (Phi) is 3.20. The summed E-state index contributed by atoms with van der Waals surface area (Å²) in [6.07, 6.45) is 5.48. The zero-order valence-corrected chi connectivity index (χ0v) is 6.18. The van der Waals surface area contributed by atoms with Crippen LogP contribution in [0.1, 0.15) is 19.3 Å². The normalized spacial score (nSPS) is 20.0. The van der Waals surface area contributed by atoms with E-state index in [-0.39, 0.29) is 0 Å². The molecule has 1 aliphatic rings. The van der Waals surface area contributed by atoms with E-state index in [4.69, 9.17) is 0 Å². The number of hydrogen-bond acceptors (Lipinski definition) is 2. The molecule has 0 aromatic carbocycles. The molecule has 0 amide bonds. The Morgan fingerprint density at radius 3 is 2.60 bits per heavy atom. The van der Waals surface area contributed by atoms with Gasteiger partial charge in [-0.05, 0) is 25.9 Å². The minimum atomic E-state index is 0.795. The average molecular weight is 139 g/mol. The summed E-state index contributed by atoms with van der Waals surface area (Å²) in [6, 6.07) is 0. The quantitative estimate of drug-likeness (QED) is 0.529. The summed E-state index contributed by atoms with van der Waals surface area (Å²) in [6.45, 7) is 3.10. The molecule has 0 aromatic heterocycles. The van der Waals surface area contributed by atoms with E-state index in [0.29, 0.717) is 0 Å². The number of rotatable bonds is 2. The zero-order valence-electron chi connectivity index (χ0n) is 6.18.